The summed E-state index contributed by atoms with van der Waals surface area (Å²) >= 11 is 6.19. The van der Waals surface area contributed by atoms with E-state index in [2.05, 4.69) is 6.07 Å². The summed E-state index contributed by atoms with van der Waals surface area (Å²) in [6.07, 6.45) is 1.95. The van der Waals surface area contributed by atoms with E-state index in [1.54, 1.807) is 6.07 Å². The third kappa shape index (κ3) is 2.32. The number of hydrogen-bond donors (Lipinski definition) is 0. The number of fused-ring (bicyclic) bond motifs is 1. The lowest BCUT2D eigenvalue weighted by molar-refractivity contribution is 0.296. The summed E-state index contributed by atoms with van der Waals surface area (Å²) in [6.45, 7) is 3.32. The molecule has 0 radical (unpaired) electrons. The van der Waals surface area contributed by atoms with E-state index in [9.17, 15) is 0 Å². The number of benzene rings is 1. The summed E-state index contributed by atoms with van der Waals surface area (Å²) in [7, 11) is 0. The van der Waals surface area contributed by atoms with Gasteiger partial charge in [-0.1, -0.05) is 18.5 Å². The van der Waals surface area contributed by atoms with Crippen molar-refractivity contribution in [1.82, 2.24) is 0 Å². The normalized spacial score (nSPS) is 13.9. The van der Waals surface area contributed by atoms with E-state index < -0.39 is 0 Å². The zero-order valence-electron chi connectivity index (χ0n) is 9.75. The predicted octanol–water partition coefficient (Wildman–Crippen LogP) is 3.13. The minimum absolute atomic E-state index is 0.304. The third-order valence-corrected chi connectivity index (χ3v) is 3.15. The van der Waals surface area contributed by atoms with Gasteiger partial charge < -0.3 is 9.47 Å². The fourth-order valence-corrected chi connectivity index (χ4v) is 2.30. The van der Waals surface area contributed by atoms with Gasteiger partial charge in [0.2, 0.25) is 0 Å². The van der Waals surface area contributed by atoms with E-state index in [1.165, 1.54) is 0 Å². The van der Waals surface area contributed by atoms with Crippen LogP contribution < -0.4 is 9.47 Å². The third-order valence-electron chi connectivity index (χ3n) is 2.81. The largest absolute Gasteiger partial charge is 0.489 e. The van der Waals surface area contributed by atoms with Crippen molar-refractivity contribution in [3.63, 3.8) is 0 Å². The van der Waals surface area contributed by atoms with Gasteiger partial charge in [-0.25, -0.2) is 0 Å². The van der Waals surface area contributed by atoms with Crippen molar-refractivity contribution in [2.24, 2.45) is 0 Å². The van der Waals surface area contributed by atoms with Crippen LogP contribution in [0.15, 0.2) is 6.07 Å². The number of halogens is 1. The van der Waals surface area contributed by atoms with E-state index >= 15 is 0 Å². The van der Waals surface area contributed by atoms with Gasteiger partial charge in [-0.2, -0.15) is 5.26 Å². The summed E-state index contributed by atoms with van der Waals surface area (Å²) < 4.78 is 11.3. The second-order valence-corrected chi connectivity index (χ2v) is 4.29. The molecule has 0 bridgehead atoms. The van der Waals surface area contributed by atoms with E-state index in [0.717, 1.165) is 29.7 Å². The second-order valence-electron chi connectivity index (χ2n) is 3.88. The number of hydrogen-bond acceptors (Lipinski definition) is 3. The van der Waals surface area contributed by atoms with Crippen LogP contribution in [0.5, 0.6) is 11.5 Å². The maximum absolute atomic E-state index is 8.84. The smallest absolute Gasteiger partial charge is 0.164 e. The van der Waals surface area contributed by atoms with Crippen LogP contribution in [0.1, 0.15) is 24.5 Å². The van der Waals surface area contributed by atoms with Crippen LogP contribution in [-0.4, -0.2) is 13.2 Å². The Kier molecular flexibility index (Phi) is 3.75. The van der Waals surface area contributed by atoms with Crippen LogP contribution in [0, 0.1) is 11.3 Å². The molecular formula is C13H14ClNO2. The maximum Gasteiger partial charge on any atom is 0.164 e. The molecule has 1 heterocycles. The molecule has 1 aliphatic rings. The minimum Gasteiger partial charge on any atom is -0.489 e. The Balaban J connectivity index is 2.56. The van der Waals surface area contributed by atoms with E-state index in [4.69, 9.17) is 26.3 Å². The summed E-state index contributed by atoms with van der Waals surface area (Å²) in [6, 6.07) is 3.90. The lowest BCUT2D eigenvalue weighted by Gasteiger charge is -2.16. The molecule has 17 heavy (non-hydrogen) atoms. The van der Waals surface area contributed by atoms with E-state index in [-0.39, 0.29) is 0 Å². The Morgan fingerprint density at radius 2 is 2.12 bits per heavy atom. The molecule has 0 atom stereocenters. The SMILES string of the molecule is CCc1c(CC#N)c(Cl)cc2c1OCCCO2. The van der Waals surface area contributed by atoms with Crippen molar-refractivity contribution in [2.45, 2.75) is 26.2 Å². The minimum atomic E-state index is 0.304. The molecule has 4 heteroatoms. The highest BCUT2D eigenvalue weighted by atomic mass is 35.5. The molecule has 0 unspecified atom stereocenters. The molecule has 0 spiro atoms. The number of nitrogens with zero attached hydrogens (tertiary/aromatic N) is 1. The number of rotatable bonds is 2. The van der Waals surface area contributed by atoms with Crippen molar-refractivity contribution < 1.29 is 9.47 Å². The monoisotopic (exact) mass is 251 g/mol. The van der Waals surface area contributed by atoms with Gasteiger partial charge in [0.25, 0.3) is 0 Å². The lowest BCUT2D eigenvalue weighted by Crippen LogP contribution is -2.01. The molecule has 1 aromatic carbocycles. The fourth-order valence-electron chi connectivity index (χ4n) is 2.02. The lowest BCUT2D eigenvalue weighted by atomic mass is 10.0. The van der Waals surface area contributed by atoms with Gasteiger partial charge in [0, 0.05) is 23.1 Å². The van der Waals surface area contributed by atoms with Gasteiger partial charge >= 0.3 is 0 Å². The Morgan fingerprint density at radius 3 is 2.82 bits per heavy atom. The molecule has 0 N–H and O–H groups in total. The first-order valence-electron chi connectivity index (χ1n) is 5.74. The Bertz CT molecular complexity index is 465. The number of nitriles is 1. The zero-order valence-corrected chi connectivity index (χ0v) is 10.5. The molecule has 0 aliphatic carbocycles. The topological polar surface area (TPSA) is 42.2 Å². The predicted molar refractivity (Wildman–Crippen MR) is 65.8 cm³/mol. The quantitative estimate of drug-likeness (QED) is 0.811. The number of ether oxygens (including phenoxy) is 2. The van der Waals surface area contributed by atoms with E-state index in [1.807, 2.05) is 6.92 Å². The average Bonchev–Trinajstić information content (AvgIpc) is 2.55. The summed E-state index contributed by atoms with van der Waals surface area (Å²) in [4.78, 5) is 0. The fraction of sp³-hybridized carbons (Fsp3) is 0.462. The van der Waals surface area contributed by atoms with Crippen LogP contribution in [0.3, 0.4) is 0 Å². The Labute approximate surface area is 106 Å². The second kappa shape index (κ2) is 5.29. The van der Waals surface area contributed by atoms with Gasteiger partial charge in [0.1, 0.15) is 0 Å². The Morgan fingerprint density at radius 1 is 1.35 bits per heavy atom. The van der Waals surface area contributed by atoms with Crippen molar-refractivity contribution >= 4 is 11.6 Å². The van der Waals surface area contributed by atoms with Gasteiger partial charge in [-0.3, -0.25) is 0 Å². The van der Waals surface area contributed by atoms with Crippen molar-refractivity contribution in [3.05, 3.63) is 22.2 Å². The molecule has 0 saturated heterocycles. The first kappa shape index (κ1) is 12.1. The maximum atomic E-state index is 8.84. The molecule has 3 nitrogen and oxygen atoms in total. The van der Waals surface area contributed by atoms with Crippen molar-refractivity contribution in [2.75, 3.05) is 13.2 Å². The van der Waals surface area contributed by atoms with E-state index in [0.29, 0.717) is 30.4 Å². The molecule has 0 amide bonds. The standard InChI is InChI=1S/C13H14ClNO2/c1-2-9-10(4-5-15)11(14)8-12-13(9)17-7-3-6-16-12/h8H,2-4,6-7H2,1H3. The first-order chi connectivity index (χ1) is 8.27. The molecule has 0 saturated carbocycles. The van der Waals surface area contributed by atoms with Gasteiger partial charge in [-0.05, 0) is 12.0 Å². The highest BCUT2D eigenvalue weighted by Crippen LogP contribution is 2.40. The molecule has 0 fully saturated rings. The summed E-state index contributed by atoms with van der Waals surface area (Å²) in [5.74, 6) is 1.46. The Hall–Kier alpha value is -1.40. The zero-order chi connectivity index (χ0) is 12.3. The van der Waals surface area contributed by atoms with Crippen molar-refractivity contribution in [1.29, 1.82) is 5.26 Å². The molecule has 2 rings (SSSR count). The van der Waals surface area contributed by atoms with Crippen LogP contribution in [-0.2, 0) is 12.8 Å². The van der Waals surface area contributed by atoms with Crippen LogP contribution in [0.25, 0.3) is 0 Å². The van der Waals surface area contributed by atoms with Crippen LogP contribution >= 0.6 is 11.6 Å². The van der Waals surface area contributed by atoms with Gasteiger partial charge in [0.05, 0.1) is 25.7 Å². The molecular weight excluding hydrogens is 238 g/mol. The highest BCUT2D eigenvalue weighted by molar-refractivity contribution is 6.31. The first-order valence-corrected chi connectivity index (χ1v) is 6.12. The highest BCUT2D eigenvalue weighted by Gasteiger charge is 2.20. The average molecular weight is 252 g/mol. The molecule has 0 aromatic heterocycles. The van der Waals surface area contributed by atoms with Gasteiger partial charge in [-0.15, -0.1) is 0 Å². The van der Waals surface area contributed by atoms with Crippen LogP contribution in [0.4, 0.5) is 0 Å². The van der Waals surface area contributed by atoms with Crippen LogP contribution in [0.2, 0.25) is 5.02 Å². The summed E-state index contributed by atoms with van der Waals surface area (Å²) in [5, 5.41) is 9.43. The molecule has 1 aliphatic heterocycles. The molecule has 1 aromatic rings. The molecule has 90 valence electrons. The van der Waals surface area contributed by atoms with Gasteiger partial charge in [0.15, 0.2) is 11.5 Å². The summed E-state index contributed by atoms with van der Waals surface area (Å²) in [5.41, 5.74) is 1.86. The van der Waals surface area contributed by atoms with Crippen molar-refractivity contribution in [3.8, 4) is 17.6 Å².